The molecule has 0 amide bonds. The largest absolute Gasteiger partial charge is 0.416 e. The molecule has 0 bridgehead atoms. The number of benzene rings is 1. The fourth-order valence-electron chi connectivity index (χ4n) is 4.47. The minimum absolute atomic E-state index is 0.0292. The van der Waals surface area contributed by atoms with Crippen LogP contribution in [0.15, 0.2) is 18.2 Å². The topological polar surface area (TPSA) is 84.5 Å². The molecule has 2 aromatic rings. The van der Waals surface area contributed by atoms with Gasteiger partial charge in [0.15, 0.2) is 0 Å². The Bertz CT molecular complexity index is 1090. The fraction of sp³-hybridized carbons (Fsp3) is 0.524. The predicted octanol–water partition coefficient (Wildman–Crippen LogP) is 2.95. The van der Waals surface area contributed by atoms with Gasteiger partial charge in [0.1, 0.15) is 5.69 Å². The van der Waals surface area contributed by atoms with E-state index in [9.17, 15) is 27.1 Å². The van der Waals surface area contributed by atoms with E-state index in [1.54, 1.807) is 11.8 Å². The van der Waals surface area contributed by atoms with Gasteiger partial charge in [-0.2, -0.15) is 22.0 Å². The second-order valence-electron chi connectivity index (χ2n) is 8.77. The normalized spacial score (nSPS) is 25.8. The highest BCUT2D eigenvalue weighted by molar-refractivity contribution is 5.69. The van der Waals surface area contributed by atoms with Crippen molar-refractivity contribution in [2.45, 2.75) is 49.5 Å². The van der Waals surface area contributed by atoms with E-state index in [4.69, 9.17) is 10.5 Å². The number of aliphatic hydroxyl groups is 1. The average Bonchev–Trinajstić information content (AvgIpc) is 3.03. The number of ether oxygens (including phenoxy) is 1. The zero-order valence-corrected chi connectivity index (χ0v) is 17.1. The van der Waals surface area contributed by atoms with Gasteiger partial charge < -0.3 is 20.5 Å². The second kappa shape index (κ2) is 6.82. The minimum atomic E-state index is -4.70. The molecule has 172 valence electrons. The highest BCUT2D eigenvalue weighted by Crippen LogP contribution is 2.46. The number of fused-ring (bicyclic) bond motifs is 1. The molecule has 0 radical (unpaired) electrons. The van der Waals surface area contributed by atoms with Crippen molar-refractivity contribution < 1.29 is 31.8 Å². The van der Waals surface area contributed by atoms with Crippen molar-refractivity contribution in [2.24, 2.45) is 5.73 Å². The van der Waals surface area contributed by atoms with Crippen LogP contribution in [0.5, 0.6) is 0 Å². The molecule has 2 atom stereocenters. The Labute approximate surface area is 180 Å². The van der Waals surface area contributed by atoms with Crippen LogP contribution in [-0.2, 0) is 28.8 Å². The molecule has 0 saturated carbocycles. The molecule has 6 nitrogen and oxygen atoms in total. The maximum Gasteiger partial charge on any atom is 0.416 e. The molecule has 0 spiro atoms. The molecule has 5 rings (SSSR count). The lowest BCUT2D eigenvalue weighted by Crippen LogP contribution is -2.59. The van der Waals surface area contributed by atoms with E-state index >= 15 is 0 Å². The minimum Gasteiger partial charge on any atom is -0.389 e. The Balaban J connectivity index is 1.67. The molecule has 2 saturated heterocycles. The summed E-state index contributed by atoms with van der Waals surface area (Å²) in [4.78, 5) is 9.99. The number of aliphatic hydroxyl groups excluding tert-OH is 1. The van der Waals surface area contributed by atoms with Gasteiger partial charge in [0.05, 0.1) is 42.2 Å². The summed E-state index contributed by atoms with van der Waals surface area (Å²) in [5, 5.41) is 9.80. The van der Waals surface area contributed by atoms with E-state index in [1.807, 2.05) is 0 Å². The van der Waals surface area contributed by atoms with Crippen LogP contribution < -0.4 is 10.6 Å². The van der Waals surface area contributed by atoms with Gasteiger partial charge in [-0.25, -0.2) is 9.97 Å². The van der Waals surface area contributed by atoms with Gasteiger partial charge in [0.2, 0.25) is 5.95 Å². The first kappa shape index (κ1) is 21.5. The molecule has 32 heavy (non-hydrogen) atoms. The Hall–Kier alpha value is -2.37. The number of rotatable bonds is 3. The lowest BCUT2D eigenvalue weighted by molar-refractivity contribution is -0.141. The van der Waals surface area contributed by atoms with Crippen molar-refractivity contribution in [1.29, 1.82) is 0 Å². The second-order valence-corrected chi connectivity index (χ2v) is 8.77. The number of aromatic nitrogens is 2. The molecule has 0 unspecified atom stereocenters. The Morgan fingerprint density at radius 2 is 1.94 bits per heavy atom. The summed E-state index contributed by atoms with van der Waals surface area (Å²) < 4.78 is 75.8. The van der Waals surface area contributed by atoms with Crippen molar-refractivity contribution in [3.8, 4) is 11.3 Å². The third kappa shape index (κ3) is 3.17. The molecular formula is C21H21F5N4O2. The summed E-state index contributed by atoms with van der Waals surface area (Å²) >= 11 is 0. The zero-order chi connectivity index (χ0) is 23.1. The highest BCUT2D eigenvalue weighted by Gasteiger charge is 2.47. The van der Waals surface area contributed by atoms with E-state index in [0.717, 1.165) is 6.07 Å². The van der Waals surface area contributed by atoms with Crippen LogP contribution in [0, 0.1) is 0 Å². The number of hydrogen-bond acceptors (Lipinski definition) is 6. The van der Waals surface area contributed by atoms with Crippen LogP contribution in [-0.4, -0.2) is 47.0 Å². The molecule has 1 aliphatic carbocycles. The Kier molecular flexibility index (Phi) is 4.57. The maximum absolute atomic E-state index is 14.5. The Morgan fingerprint density at radius 3 is 2.50 bits per heavy atom. The number of nitrogens with two attached hydrogens (primary N) is 1. The number of halogens is 5. The lowest BCUT2D eigenvalue weighted by atomic mass is 9.84. The molecule has 3 N–H and O–H groups in total. The zero-order valence-electron chi connectivity index (χ0n) is 17.1. The SMILES string of the molecule is C[C@H]1[C@H](O)CN1c1nc(-c2ccc(C3(N)COC3)c(C(F)(F)F)c2)c2c(n1)C(F)(F)CC2. The first-order valence-electron chi connectivity index (χ1n) is 10.2. The van der Waals surface area contributed by atoms with Crippen molar-refractivity contribution in [2.75, 3.05) is 24.7 Å². The highest BCUT2D eigenvalue weighted by atomic mass is 19.4. The van der Waals surface area contributed by atoms with E-state index in [0.29, 0.717) is 0 Å². The van der Waals surface area contributed by atoms with Gasteiger partial charge in [-0.15, -0.1) is 0 Å². The maximum atomic E-state index is 14.5. The summed E-state index contributed by atoms with van der Waals surface area (Å²) in [7, 11) is 0. The molecule has 1 aromatic carbocycles. The van der Waals surface area contributed by atoms with Gasteiger partial charge in [-0.3, -0.25) is 0 Å². The number of hydrogen-bond donors (Lipinski definition) is 2. The Morgan fingerprint density at radius 1 is 1.22 bits per heavy atom. The van der Waals surface area contributed by atoms with E-state index in [-0.39, 0.29) is 60.6 Å². The van der Waals surface area contributed by atoms with Gasteiger partial charge in [0, 0.05) is 24.1 Å². The van der Waals surface area contributed by atoms with Gasteiger partial charge >= 0.3 is 6.18 Å². The van der Waals surface area contributed by atoms with Gasteiger partial charge in [-0.1, -0.05) is 12.1 Å². The van der Waals surface area contributed by atoms with Crippen LogP contribution in [0.2, 0.25) is 0 Å². The molecule has 2 fully saturated rings. The summed E-state index contributed by atoms with van der Waals surface area (Å²) in [6.07, 6.45) is -5.89. The third-order valence-electron chi connectivity index (χ3n) is 6.57. The van der Waals surface area contributed by atoms with E-state index < -0.39 is 41.4 Å². The summed E-state index contributed by atoms with van der Waals surface area (Å²) in [5.74, 6) is -3.23. The number of alkyl halides is 5. The van der Waals surface area contributed by atoms with Crippen molar-refractivity contribution in [1.82, 2.24) is 9.97 Å². The smallest absolute Gasteiger partial charge is 0.389 e. The van der Waals surface area contributed by atoms with Gasteiger partial charge in [0.25, 0.3) is 5.92 Å². The molecule has 11 heteroatoms. The monoisotopic (exact) mass is 456 g/mol. The van der Waals surface area contributed by atoms with E-state index in [2.05, 4.69) is 9.97 Å². The first-order chi connectivity index (χ1) is 14.9. The van der Waals surface area contributed by atoms with Crippen LogP contribution in [0.1, 0.15) is 35.7 Å². The lowest BCUT2D eigenvalue weighted by Gasteiger charge is -2.43. The number of nitrogens with zero attached hydrogens (tertiary/aromatic N) is 3. The number of β-amino-alcohol motifs (C(OH)–C–C–N with tert-alkyl or cyclic N) is 1. The quantitative estimate of drug-likeness (QED) is 0.691. The standard InChI is InChI=1S/C21H21F5N4O2/c1-10-15(31)7-30(10)18-28-16(12-4-5-20(22,23)17(12)29-18)11-2-3-13(19(27)8-32-9-19)14(6-11)21(24,25)26/h2-3,6,10,15,31H,4-5,7-9,27H2,1H3/t10-,15+/m0/s1. The van der Waals surface area contributed by atoms with Crippen LogP contribution in [0.3, 0.4) is 0 Å². The van der Waals surface area contributed by atoms with Crippen molar-refractivity contribution in [3.05, 3.63) is 40.6 Å². The van der Waals surface area contributed by atoms with E-state index in [1.165, 1.54) is 12.1 Å². The van der Waals surface area contributed by atoms with Crippen LogP contribution in [0.4, 0.5) is 27.9 Å². The number of anilines is 1. The van der Waals surface area contributed by atoms with Crippen LogP contribution >= 0.6 is 0 Å². The molecular weight excluding hydrogens is 435 g/mol. The average molecular weight is 456 g/mol. The summed E-state index contributed by atoms with van der Waals surface area (Å²) in [6, 6.07) is 3.23. The fourth-order valence-corrected chi connectivity index (χ4v) is 4.47. The predicted molar refractivity (Wildman–Crippen MR) is 104 cm³/mol. The molecule has 2 aliphatic heterocycles. The summed E-state index contributed by atoms with van der Waals surface area (Å²) in [6.45, 7) is 1.78. The van der Waals surface area contributed by atoms with Crippen molar-refractivity contribution >= 4 is 5.95 Å². The molecule has 3 heterocycles. The van der Waals surface area contributed by atoms with Gasteiger partial charge in [-0.05, 0) is 25.0 Å². The molecule has 3 aliphatic rings. The summed E-state index contributed by atoms with van der Waals surface area (Å²) in [5.41, 5.74) is 3.57. The third-order valence-corrected chi connectivity index (χ3v) is 6.57. The first-order valence-corrected chi connectivity index (χ1v) is 10.2. The van der Waals surface area contributed by atoms with Crippen molar-refractivity contribution in [3.63, 3.8) is 0 Å². The molecule has 1 aromatic heterocycles. The van der Waals surface area contributed by atoms with Crippen LogP contribution in [0.25, 0.3) is 11.3 Å².